The minimum atomic E-state index is -3.73. The predicted octanol–water partition coefficient (Wildman–Crippen LogP) is 0.995. The Balaban J connectivity index is 3.14. The number of sulfonamides is 1. The van der Waals surface area contributed by atoms with Crippen molar-refractivity contribution in [1.29, 1.82) is 0 Å². The van der Waals surface area contributed by atoms with Crippen LogP contribution in [0.1, 0.15) is 22.3 Å². The Labute approximate surface area is 106 Å². The summed E-state index contributed by atoms with van der Waals surface area (Å²) in [5.74, 6) is 1.16. The molecule has 0 spiro atoms. The van der Waals surface area contributed by atoms with Gasteiger partial charge in [-0.3, -0.25) is 0 Å². The van der Waals surface area contributed by atoms with Gasteiger partial charge in [-0.25, -0.2) is 17.9 Å². The van der Waals surface area contributed by atoms with E-state index in [-0.39, 0.29) is 29.0 Å². The lowest BCUT2D eigenvalue weighted by Gasteiger charge is -2.10. The van der Waals surface area contributed by atoms with E-state index in [9.17, 15) is 13.2 Å². The van der Waals surface area contributed by atoms with Gasteiger partial charge < -0.3 is 5.11 Å². The molecule has 5 nitrogen and oxygen atoms in total. The lowest BCUT2D eigenvalue weighted by Crippen LogP contribution is -2.25. The van der Waals surface area contributed by atoms with Gasteiger partial charge in [0.1, 0.15) is 0 Å². The topological polar surface area (TPSA) is 83.5 Å². The summed E-state index contributed by atoms with van der Waals surface area (Å²) >= 11 is 0. The van der Waals surface area contributed by atoms with E-state index in [1.54, 1.807) is 0 Å². The van der Waals surface area contributed by atoms with Crippen LogP contribution in [0.2, 0.25) is 0 Å². The molecular formula is C12H13NO4S. The molecule has 0 heterocycles. The van der Waals surface area contributed by atoms with E-state index in [1.807, 2.05) is 0 Å². The highest BCUT2D eigenvalue weighted by Crippen LogP contribution is 2.18. The maximum atomic E-state index is 11.9. The van der Waals surface area contributed by atoms with Gasteiger partial charge in [-0.15, -0.1) is 12.3 Å². The molecule has 0 saturated heterocycles. The van der Waals surface area contributed by atoms with Crippen molar-refractivity contribution in [1.82, 2.24) is 4.72 Å². The van der Waals surface area contributed by atoms with Gasteiger partial charge in [0.25, 0.3) is 0 Å². The predicted molar refractivity (Wildman–Crippen MR) is 66.8 cm³/mol. The summed E-state index contributed by atoms with van der Waals surface area (Å²) in [5, 5.41) is 8.93. The van der Waals surface area contributed by atoms with Crippen LogP contribution in [0.4, 0.5) is 0 Å². The lowest BCUT2D eigenvalue weighted by molar-refractivity contribution is 0.0696. The first-order valence-electron chi connectivity index (χ1n) is 5.16. The Bertz CT molecular complexity index is 599. The van der Waals surface area contributed by atoms with Crippen molar-refractivity contribution in [3.63, 3.8) is 0 Å². The van der Waals surface area contributed by atoms with Crippen molar-refractivity contribution in [2.24, 2.45) is 0 Å². The third-order valence-corrected chi connectivity index (χ3v) is 3.97. The molecule has 1 aromatic rings. The van der Waals surface area contributed by atoms with Gasteiger partial charge in [0.2, 0.25) is 10.0 Å². The Kier molecular flexibility index (Phi) is 4.48. The Morgan fingerprint density at radius 2 is 2.17 bits per heavy atom. The van der Waals surface area contributed by atoms with Crippen LogP contribution in [0.15, 0.2) is 23.1 Å². The second kappa shape index (κ2) is 5.67. The molecule has 0 aromatic heterocycles. The molecule has 0 fully saturated rings. The van der Waals surface area contributed by atoms with Gasteiger partial charge >= 0.3 is 5.97 Å². The Morgan fingerprint density at radius 3 is 2.72 bits per heavy atom. The molecule has 0 amide bonds. The SMILES string of the molecule is C#CCCNS(=O)(=O)c1cccc(C(=O)O)c1C. The maximum absolute atomic E-state index is 11.9. The van der Waals surface area contributed by atoms with Crippen LogP contribution >= 0.6 is 0 Å². The first kappa shape index (κ1) is 14.2. The van der Waals surface area contributed by atoms with Crippen LogP contribution < -0.4 is 4.72 Å². The van der Waals surface area contributed by atoms with Crippen molar-refractivity contribution in [3.05, 3.63) is 29.3 Å². The number of benzene rings is 1. The van der Waals surface area contributed by atoms with Crippen LogP contribution in [-0.4, -0.2) is 26.0 Å². The summed E-state index contributed by atoms with van der Waals surface area (Å²) in [6.07, 6.45) is 5.30. The second-order valence-corrected chi connectivity index (χ2v) is 5.32. The smallest absolute Gasteiger partial charge is 0.335 e. The van der Waals surface area contributed by atoms with Crippen LogP contribution in [0.25, 0.3) is 0 Å². The number of terminal acetylenes is 1. The zero-order valence-corrected chi connectivity index (χ0v) is 10.6. The Morgan fingerprint density at radius 1 is 1.50 bits per heavy atom. The van der Waals surface area contributed by atoms with Gasteiger partial charge in [-0.05, 0) is 24.6 Å². The number of carbonyl (C=O) groups is 1. The molecule has 0 radical (unpaired) electrons. The van der Waals surface area contributed by atoms with Crippen molar-refractivity contribution in [2.75, 3.05) is 6.54 Å². The number of carboxylic acid groups (broad SMARTS) is 1. The fraction of sp³-hybridized carbons (Fsp3) is 0.250. The number of nitrogens with one attached hydrogen (secondary N) is 1. The van der Waals surface area contributed by atoms with Gasteiger partial charge in [0, 0.05) is 13.0 Å². The molecule has 0 saturated carbocycles. The van der Waals surface area contributed by atoms with Crippen molar-refractivity contribution in [2.45, 2.75) is 18.2 Å². The molecule has 1 rings (SSSR count). The van der Waals surface area contributed by atoms with E-state index in [1.165, 1.54) is 25.1 Å². The minimum absolute atomic E-state index is 0.0326. The highest BCUT2D eigenvalue weighted by molar-refractivity contribution is 7.89. The summed E-state index contributed by atoms with van der Waals surface area (Å²) in [4.78, 5) is 10.9. The van der Waals surface area contributed by atoms with Gasteiger partial charge in [-0.1, -0.05) is 6.07 Å². The molecular weight excluding hydrogens is 254 g/mol. The molecule has 1 aromatic carbocycles. The van der Waals surface area contributed by atoms with Crippen LogP contribution in [0.5, 0.6) is 0 Å². The third kappa shape index (κ3) is 3.09. The number of hydrogen-bond donors (Lipinski definition) is 2. The molecule has 96 valence electrons. The molecule has 0 aliphatic rings. The fourth-order valence-electron chi connectivity index (χ4n) is 1.47. The molecule has 6 heteroatoms. The quantitative estimate of drug-likeness (QED) is 0.615. The maximum Gasteiger partial charge on any atom is 0.335 e. The largest absolute Gasteiger partial charge is 0.478 e. The molecule has 2 N–H and O–H groups in total. The average molecular weight is 267 g/mol. The third-order valence-electron chi connectivity index (χ3n) is 2.37. The molecule has 0 atom stereocenters. The first-order chi connectivity index (χ1) is 8.40. The number of rotatable bonds is 5. The van der Waals surface area contributed by atoms with E-state index >= 15 is 0 Å². The van der Waals surface area contributed by atoms with E-state index in [0.29, 0.717) is 0 Å². The molecule has 0 unspecified atom stereocenters. The molecule has 0 aliphatic carbocycles. The summed E-state index contributed by atoms with van der Waals surface area (Å²) in [7, 11) is -3.73. The second-order valence-electron chi connectivity index (χ2n) is 3.59. The summed E-state index contributed by atoms with van der Waals surface area (Å²) < 4.78 is 26.2. The van der Waals surface area contributed by atoms with Crippen LogP contribution in [0.3, 0.4) is 0 Å². The van der Waals surface area contributed by atoms with E-state index in [2.05, 4.69) is 10.6 Å². The van der Waals surface area contributed by atoms with Crippen LogP contribution in [-0.2, 0) is 10.0 Å². The normalized spacial score (nSPS) is 10.9. The molecule has 18 heavy (non-hydrogen) atoms. The highest BCUT2D eigenvalue weighted by atomic mass is 32.2. The fourth-order valence-corrected chi connectivity index (χ4v) is 2.77. The monoisotopic (exact) mass is 267 g/mol. The highest BCUT2D eigenvalue weighted by Gasteiger charge is 2.19. The first-order valence-corrected chi connectivity index (χ1v) is 6.64. The van der Waals surface area contributed by atoms with Gasteiger partial charge in [-0.2, -0.15) is 0 Å². The number of hydrogen-bond acceptors (Lipinski definition) is 3. The minimum Gasteiger partial charge on any atom is -0.478 e. The van der Waals surface area contributed by atoms with Gasteiger partial charge in [0.05, 0.1) is 10.5 Å². The van der Waals surface area contributed by atoms with Crippen molar-refractivity contribution >= 4 is 16.0 Å². The molecule has 0 bridgehead atoms. The average Bonchev–Trinajstić information content (AvgIpc) is 2.28. The van der Waals surface area contributed by atoms with Gasteiger partial charge in [0.15, 0.2) is 0 Å². The summed E-state index contributed by atoms with van der Waals surface area (Å²) in [6.45, 7) is 1.58. The van der Waals surface area contributed by atoms with E-state index < -0.39 is 16.0 Å². The van der Waals surface area contributed by atoms with E-state index in [0.717, 1.165) is 0 Å². The lowest BCUT2D eigenvalue weighted by atomic mass is 10.1. The zero-order valence-electron chi connectivity index (χ0n) is 9.80. The Hall–Kier alpha value is -1.84. The van der Waals surface area contributed by atoms with Crippen molar-refractivity contribution in [3.8, 4) is 12.3 Å². The standard InChI is InChI=1S/C12H13NO4S/c1-3-4-8-13-18(16,17)11-7-5-6-10(9(11)2)12(14)15/h1,5-7,13H,4,8H2,2H3,(H,14,15). The van der Waals surface area contributed by atoms with E-state index in [4.69, 9.17) is 11.5 Å². The number of carboxylic acids is 1. The summed E-state index contributed by atoms with van der Waals surface area (Å²) in [6, 6.07) is 4.12. The number of aromatic carboxylic acids is 1. The zero-order chi connectivity index (χ0) is 13.8. The van der Waals surface area contributed by atoms with Crippen LogP contribution in [0, 0.1) is 19.3 Å². The van der Waals surface area contributed by atoms with Crippen molar-refractivity contribution < 1.29 is 18.3 Å². The molecule has 0 aliphatic heterocycles. The summed E-state index contributed by atoms with van der Waals surface area (Å²) in [5.41, 5.74) is 0.174.